The minimum Gasteiger partial charge on any atom is -0.495 e. The van der Waals surface area contributed by atoms with Gasteiger partial charge in [0.2, 0.25) is 5.89 Å². The second-order valence-corrected chi connectivity index (χ2v) is 7.35. The smallest absolute Gasteiger partial charge is 0.274 e. The molecule has 2 aromatic carbocycles. The molecule has 0 saturated carbocycles. The van der Waals surface area contributed by atoms with E-state index in [9.17, 15) is 0 Å². The lowest BCUT2D eigenvalue weighted by atomic mass is 10.1. The Hall–Kier alpha value is -2.86. The monoisotopic (exact) mass is 379 g/mol. The number of hydrogen-bond acceptors (Lipinski definition) is 5. The summed E-state index contributed by atoms with van der Waals surface area (Å²) >= 11 is 0. The summed E-state index contributed by atoms with van der Waals surface area (Å²) in [7, 11) is 1.73. The summed E-state index contributed by atoms with van der Waals surface area (Å²) in [6.07, 6.45) is 0. The van der Waals surface area contributed by atoms with Crippen LogP contribution in [0.15, 0.2) is 52.9 Å². The topological polar surface area (TPSA) is 55.8 Å². The number of piperazine rings is 1. The number of rotatable bonds is 5. The van der Waals surface area contributed by atoms with Crippen LogP contribution in [0.1, 0.15) is 24.4 Å². The minimum absolute atomic E-state index is 0.172. The zero-order chi connectivity index (χ0) is 19.5. The molecule has 0 aliphatic carbocycles. The number of para-hydroxylation sites is 2. The Morgan fingerprint density at radius 1 is 1.07 bits per heavy atom. The third kappa shape index (κ3) is 3.73. The summed E-state index contributed by atoms with van der Waals surface area (Å²) in [6, 6.07) is 16.5. The van der Waals surface area contributed by atoms with Gasteiger partial charge in [-0.25, -0.2) is 0 Å². The number of quaternary nitrogens is 1. The van der Waals surface area contributed by atoms with Crippen LogP contribution < -0.4 is 14.5 Å². The predicted octanol–water partition coefficient (Wildman–Crippen LogP) is 2.52. The molecule has 28 heavy (non-hydrogen) atoms. The van der Waals surface area contributed by atoms with Crippen molar-refractivity contribution < 1.29 is 14.1 Å². The van der Waals surface area contributed by atoms with E-state index in [0.29, 0.717) is 11.8 Å². The first kappa shape index (κ1) is 18.5. The van der Waals surface area contributed by atoms with Crippen molar-refractivity contribution in [2.45, 2.75) is 19.9 Å². The molecule has 1 saturated heterocycles. The molecule has 2 heterocycles. The van der Waals surface area contributed by atoms with Crippen LogP contribution >= 0.6 is 0 Å². The third-order valence-corrected chi connectivity index (χ3v) is 5.52. The highest BCUT2D eigenvalue weighted by atomic mass is 16.5. The molecule has 1 aromatic heterocycles. The summed E-state index contributed by atoms with van der Waals surface area (Å²) < 4.78 is 11.5. The lowest BCUT2D eigenvalue weighted by Crippen LogP contribution is -3.14. The first-order valence-corrected chi connectivity index (χ1v) is 9.78. The van der Waals surface area contributed by atoms with Crippen LogP contribution in [0.2, 0.25) is 0 Å². The Balaban J connectivity index is 1.42. The molecule has 1 atom stereocenters. The van der Waals surface area contributed by atoms with Crippen LogP contribution in [0.25, 0.3) is 11.5 Å². The van der Waals surface area contributed by atoms with E-state index >= 15 is 0 Å². The van der Waals surface area contributed by atoms with E-state index in [1.54, 1.807) is 7.11 Å². The van der Waals surface area contributed by atoms with Crippen LogP contribution in [0.4, 0.5) is 5.69 Å². The number of nitrogens with one attached hydrogen (secondary N) is 1. The van der Waals surface area contributed by atoms with Gasteiger partial charge in [-0.15, -0.1) is 10.2 Å². The molecule has 4 rings (SSSR count). The number of anilines is 1. The van der Waals surface area contributed by atoms with Gasteiger partial charge in [-0.3, -0.25) is 0 Å². The van der Waals surface area contributed by atoms with E-state index in [1.807, 2.05) is 24.3 Å². The zero-order valence-corrected chi connectivity index (χ0v) is 16.7. The number of hydrogen-bond donors (Lipinski definition) is 1. The summed E-state index contributed by atoms with van der Waals surface area (Å²) in [5.74, 6) is 2.23. The van der Waals surface area contributed by atoms with E-state index in [-0.39, 0.29) is 6.04 Å². The van der Waals surface area contributed by atoms with Gasteiger partial charge in [0.15, 0.2) is 6.04 Å². The molecule has 0 amide bonds. The van der Waals surface area contributed by atoms with Gasteiger partial charge in [0.05, 0.1) is 39.0 Å². The van der Waals surface area contributed by atoms with Gasteiger partial charge in [0, 0.05) is 5.56 Å². The number of benzene rings is 2. The molecule has 1 fully saturated rings. The highest BCUT2D eigenvalue weighted by Crippen LogP contribution is 2.27. The largest absolute Gasteiger partial charge is 0.495 e. The van der Waals surface area contributed by atoms with Gasteiger partial charge in [-0.2, -0.15) is 0 Å². The summed E-state index contributed by atoms with van der Waals surface area (Å²) in [5, 5.41) is 8.60. The summed E-state index contributed by atoms with van der Waals surface area (Å²) in [6.45, 7) is 8.21. The van der Waals surface area contributed by atoms with Crippen molar-refractivity contribution in [2.75, 3.05) is 38.2 Å². The molecule has 0 bridgehead atoms. The number of ether oxygens (including phenoxy) is 1. The maximum Gasteiger partial charge on any atom is 0.274 e. The zero-order valence-electron chi connectivity index (χ0n) is 16.7. The lowest BCUT2D eigenvalue weighted by Gasteiger charge is -2.36. The Kier molecular flexibility index (Phi) is 5.30. The maximum absolute atomic E-state index is 6.01. The predicted molar refractivity (Wildman–Crippen MR) is 109 cm³/mol. The van der Waals surface area contributed by atoms with E-state index in [1.165, 1.54) is 10.5 Å². The summed E-state index contributed by atoms with van der Waals surface area (Å²) in [5.41, 5.74) is 3.32. The van der Waals surface area contributed by atoms with Gasteiger partial charge in [0.1, 0.15) is 5.75 Å². The molecule has 1 aliphatic heterocycles. The molecule has 1 aliphatic rings. The second-order valence-electron chi connectivity index (χ2n) is 7.35. The van der Waals surface area contributed by atoms with Crippen LogP contribution in [0.3, 0.4) is 0 Å². The Morgan fingerprint density at radius 2 is 1.86 bits per heavy atom. The second kappa shape index (κ2) is 8.02. The SMILES string of the molecule is COc1ccccc1N1CC[NH+]([C@@H](C)c2nnc(-c3cccc(C)c3)o2)CC1. The fraction of sp³-hybridized carbons (Fsp3) is 0.364. The lowest BCUT2D eigenvalue weighted by molar-refractivity contribution is -0.931. The molecule has 0 spiro atoms. The molecular formula is C22H27N4O2+. The van der Waals surface area contributed by atoms with Crippen LogP contribution in [0.5, 0.6) is 5.75 Å². The average Bonchev–Trinajstić information content (AvgIpc) is 3.24. The highest BCUT2D eigenvalue weighted by Gasteiger charge is 2.30. The molecule has 0 radical (unpaired) electrons. The van der Waals surface area contributed by atoms with Gasteiger partial charge in [-0.05, 0) is 38.1 Å². The van der Waals surface area contributed by atoms with Crippen molar-refractivity contribution >= 4 is 5.69 Å². The average molecular weight is 379 g/mol. The van der Waals surface area contributed by atoms with Crippen molar-refractivity contribution in [1.29, 1.82) is 0 Å². The van der Waals surface area contributed by atoms with Crippen molar-refractivity contribution in [3.05, 3.63) is 60.0 Å². The quantitative estimate of drug-likeness (QED) is 0.738. The number of methoxy groups -OCH3 is 1. The maximum atomic E-state index is 6.01. The fourth-order valence-electron chi connectivity index (χ4n) is 3.84. The molecular weight excluding hydrogens is 352 g/mol. The van der Waals surface area contributed by atoms with Gasteiger partial charge in [0.25, 0.3) is 5.89 Å². The fourth-order valence-corrected chi connectivity index (χ4v) is 3.84. The van der Waals surface area contributed by atoms with Crippen LogP contribution in [-0.4, -0.2) is 43.5 Å². The van der Waals surface area contributed by atoms with Crippen LogP contribution in [0, 0.1) is 6.92 Å². The van der Waals surface area contributed by atoms with Crippen molar-refractivity contribution in [3.8, 4) is 17.2 Å². The Labute approximate surface area is 165 Å². The van der Waals surface area contributed by atoms with Gasteiger partial charge < -0.3 is 19.0 Å². The van der Waals surface area contributed by atoms with Crippen molar-refractivity contribution in [2.24, 2.45) is 0 Å². The van der Waals surface area contributed by atoms with E-state index in [2.05, 4.69) is 53.2 Å². The summed E-state index contributed by atoms with van der Waals surface area (Å²) in [4.78, 5) is 3.85. The Morgan fingerprint density at radius 3 is 2.61 bits per heavy atom. The standard InChI is InChI=1S/C22H26N4O2/c1-16-7-6-8-18(15-16)22-24-23-21(28-22)17(2)25-11-13-26(14-12-25)19-9-4-5-10-20(19)27-3/h4-10,15,17H,11-14H2,1-3H3/p+1/t17-/m0/s1. The van der Waals surface area contributed by atoms with E-state index < -0.39 is 0 Å². The van der Waals surface area contributed by atoms with Crippen molar-refractivity contribution in [3.63, 3.8) is 0 Å². The van der Waals surface area contributed by atoms with E-state index in [0.717, 1.165) is 43.2 Å². The first-order valence-electron chi connectivity index (χ1n) is 9.78. The number of aromatic nitrogens is 2. The minimum atomic E-state index is 0.172. The molecule has 1 N–H and O–H groups in total. The third-order valence-electron chi connectivity index (χ3n) is 5.52. The van der Waals surface area contributed by atoms with Crippen LogP contribution in [-0.2, 0) is 0 Å². The van der Waals surface area contributed by atoms with Crippen molar-refractivity contribution in [1.82, 2.24) is 10.2 Å². The molecule has 146 valence electrons. The first-order chi connectivity index (χ1) is 13.7. The molecule has 6 heteroatoms. The highest BCUT2D eigenvalue weighted by molar-refractivity contribution is 5.58. The van der Waals surface area contributed by atoms with Gasteiger partial charge >= 0.3 is 0 Å². The molecule has 3 aromatic rings. The van der Waals surface area contributed by atoms with Gasteiger partial charge in [-0.1, -0.05) is 29.8 Å². The molecule has 6 nitrogen and oxygen atoms in total. The Bertz CT molecular complexity index is 932. The number of aryl methyl sites for hydroxylation is 1. The normalized spacial score (nSPS) is 16.2. The number of nitrogens with zero attached hydrogens (tertiary/aromatic N) is 3. The van der Waals surface area contributed by atoms with E-state index in [4.69, 9.17) is 9.15 Å². The molecule has 0 unspecified atom stereocenters.